The number of nitrogens with zero attached hydrogens (tertiary/aromatic N) is 2. The second kappa shape index (κ2) is 5.21. The van der Waals surface area contributed by atoms with Crippen molar-refractivity contribution in [3.8, 4) is 0 Å². The Morgan fingerprint density at radius 2 is 1.95 bits per heavy atom. The molecule has 0 amide bonds. The first kappa shape index (κ1) is 14.7. The molecule has 0 saturated heterocycles. The van der Waals surface area contributed by atoms with Crippen LogP contribution in [0.5, 0.6) is 0 Å². The highest BCUT2D eigenvalue weighted by atomic mass is 16.5. The molecule has 116 valence electrons. The Kier molecular flexibility index (Phi) is 3.66. The minimum Gasteiger partial charge on any atom is -0.370 e. The van der Waals surface area contributed by atoms with Crippen LogP contribution in [0.2, 0.25) is 0 Å². The molecule has 2 unspecified atom stereocenters. The molecule has 1 fully saturated rings. The van der Waals surface area contributed by atoms with Gasteiger partial charge in [0.1, 0.15) is 5.60 Å². The highest BCUT2D eigenvalue weighted by Gasteiger charge is 2.43. The quantitative estimate of drug-likeness (QED) is 0.867. The van der Waals surface area contributed by atoms with E-state index < -0.39 is 0 Å². The van der Waals surface area contributed by atoms with Gasteiger partial charge in [0, 0.05) is 13.2 Å². The van der Waals surface area contributed by atoms with Crippen LogP contribution in [0.25, 0.3) is 0 Å². The van der Waals surface area contributed by atoms with Crippen molar-refractivity contribution in [1.82, 2.24) is 10.1 Å². The number of methoxy groups -OCH3 is 1. The standard InChI is InChI=1S/C16H25N3O2/c1-15(2)6-8-16(20-3,9-7-15)14-18-13(21-19-14)11-4-5-12(17)10-11/h4-5,11-12H,6-10,17H2,1-3H3. The molecular weight excluding hydrogens is 266 g/mol. The van der Waals surface area contributed by atoms with Gasteiger partial charge in [0.05, 0.1) is 5.92 Å². The average molecular weight is 291 g/mol. The molecule has 0 bridgehead atoms. The number of nitrogens with two attached hydrogens (primary N) is 1. The first-order valence-electron chi connectivity index (χ1n) is 7.77. The number of rotatable bonds is 3. The summed E-state index contributed by atoms with van der Waals surface area (Å²) in [6.07, 6.45) is 9.01. The van der Waals surface area contributed by atoms with Crippen LogP contribution in [-0.2, 0) is 10.3 Å². The van der Waals surface area contributed by atoms with Crippen LogP contribution in [0.15, 0.2) is 16.7 Å². The normalized spacial score (nSPS) is 30.7. The Morgan fingerprint density at radius 1 is 1.24 bits per heavy atom. The smallest absolute Gasteiger partial charge is 0.233 e. The van der Waals surface area contributed by atoms with E-state index in [1.54, 1.807) is 7.11 Å². The van der Waals surface area contributed by atoms with Crippen LogP contribution in [0, 0.1) is 5.41 Å². The molecular formula is C16H25N3O2. The van der Waals surface area contributed by atoms with E-state index in [-0.39, 0.29) is 17.6 Å². The summed E-state index contributed by atoms with van der Waals surface area (Å²) in [7, 11) is 1.75. The average Bonchev–Trinajstić information content (AvgIpc) is 3.08. The summed E-state index contributed by atoms with van der Waals surface area (Å²) >= 11 is 0. The fourth-order valence-corrected chi connectivity index (χ4v) is 3.33. The summed E-state index contributed by atoms with van der Waals surface area (Å²) in [5, 5.41) is 4.21. The first-order valence-corrected chi connectivity index (χ1v) is 7.77. The highest BCUT2D eigenvalue weighted by Crippen LogP contribution is 2.46. The largest absolute Gasteiger partial charge is 0.370 e. The van der Waals surface area contributed by atoms with Gasteiger partial charge in [0.25, 0.3) is 0 Å². The predicted octanol–water partition coefficient (Wildman–Crippen LogP) is 2.88. The van der Waals surface area contributed by atoms with Crippen LogP contribution in [-0.4, -0.2) is 23.3 Å². The molecule has 1 aromatic rings. The Bertz CT molecular complexity index is 525. The molecule has 2 atom stereocenters. The zero-order valence-electron chi connectivity index (χ0n) is 13.1. The van der Waals surface area contributed by atoms with E-state index >= 15 is 0 Å². The predicted molar refractivity (Wildman–Crippen MR) is 79.7 cm³/mol. The van der Waals surface area contributed by atoms with E-state index in [0.717, 1.165) is 32.1 Å². The summed E-state index contributed by atoms with van der Waals surface area (Å²) in [6.45, 7) is 4.61. The number of ether oxygens (including phenoxy) is 1. The Balaban J connectivity index is 1.79. The molecule has 1 saturated carbocycles. The van der Waals surface area contributed by atoms with Gasteiger partial charge >= 0.3 is 0 Å². The highest BCUT2D eigenvalue weighted by molar-refractivity contribution is 5.16. The molecule has 2 N–H and O–H groups in total. The molecule has 5 nitrogen and oxygen atoms in total. The molecule has 0 aliphatic heterocycles. The van der Waals surface area contributed by atoms with Gasteiger partial charge in [-0.3, -0.25) is 0 Å². The van der Waals surface area contributed by atoms with E-state index in [0.29, 0.717) is 17.1 Å². The molecule has 0 radical (unpaired) electrons. The maximum Gasteiger partial charge on any atom is 0.233 e. The minimum atomic E-state index is -0.387. The van der Waals surface area contributed by atoms with Crippen molar-refractivity contribution in [2.24, 2.45) is 11.1 Å². The maximum atomic E-state index is 5.89. The van der Waals surface area contributed by atoms with Crippen molar-refractivity contribution >= 4 is 0 Å². The van der Waals surface area contributed by atoms with Gasteiger partial charge in [-0.15, -0.1) is 0 Å². The van der Waals surface area contributed by atoms with Gasteiger partial charge in [-0.05, 0) is 37.5 Å². The molecule has 1 aromatic heterocycles. The van der Waals surface area contributed by atoms with Gasteiger partial charge in [-0.25, -0.2) is 0 Å². The third kappa shape index (κ3) is 2.77. The van der Waals surface area contributed by atoms with Crippen molar-refractivity contribution < 1.29 is 9.26 Å². The van der Waals surface area contributed by atoms with Gasteiger partial charge in [-0.2, -0.15) is 4.98 Å². The van der Waals surface area contributed by atoms with Crippen molar-refractivity contribution in [1.29, 1.82) is 0 Å². The lowest BCUT2D eigenvalue weighted by Crippen LogP contribution is -2.37. The van der Waals surface area contributed by atoms with Gasteiger partial charge < -0.3 is 15.0 Å². The zero-order chi connectivity index (χ0) is 15.1. The van der Waals surface area contributed by atoms with Crippen LogP contribution >= 0.6 is 0 Å². The van der Waals surface area contributed by atoms with Gasteiger partial charge in [0.15, 0.2) is 0 Å². The molecule has 5 heteroatoms. The zero-order valence-corrected chi connectivity index (χ0v) is 13.1. The van der Waals surface area contributed by atoms with E-state index in [1.165, 1.54) is 0 Å². The number of hydrogen-bond donors (Lipinski definition) is 1. The molecule has 2 aliphatic rings. The molecule has 0 aromatic carbocycles. The van der Waals surface area contributed by atoms with E-state index in [4.69, 9.17) is 15.0 Å². The lowest BCUT2D eigenvalue weighted by atomic mass is 9.70. The van der Waals surface area contributed by atoms with Crippen molar-refractivity contribution in [3.05, 3.63) is 23.9 Å². The Hall–Kier alpha value is -1.20. The van der Waals surface area contributed by atoms with E-state index in [9.17, 15) is 0 Å². The molecule has 1 heterocycles. The lowest BCUT2D eigenvalue weighted by molar-refractivity contribution is -0.0740. The van der Waals surface area contributed by atoms with E-state index in [1.807, 2.05) is 6.08 Å². The van der Waals surface area contributed by atoms with Crippen LogP contribution in [0.3, 0.4) is 0 Å². The fourth-order valence-electron chi connectivity index (χ4n) is 3.33. The van der Waals surface area contributed by atoms with Gasteiger partial charge in [-0.1, -0.05) is 31.2 Å². The third-order valence-electron chi connectivity index (χ3n) is 5.09. The number of hydrogen-bond acceptors (Lipinski definition) is 5. The third-order valence-corrected chi connectivity index (χ3v) is 5.09. The van der Waals surface area contributed by atoms with Crippen molar-refractivity contribution in [2.45, 2.75) is 63.5 Å². The lowest BCUT2D eigenvalue weighted by Gasteiger charge is -2.40. The Labute approximate surface area is 125 Å². The second-order valence-electron chi connectivity index (χ2n) is 7.21. The van der Waals surface area contributed by atoms with Crippen LogP contribution in [0.4, 0.5) is 0 Å². The summed E-state index contributed by atoms with van der Waals surface area (Å²) in [6, 6.07) is 0.0946. The van der Waals surface area contributed by atoms with Crippen molar-refractivity contribution in [2.75, 3.05) is 7.11 Å². The van der Waals surface area contributed by atoms with Crippen molar-refractivity contribution in [3.63, 3.8) is 0 Å². The van der Waals surface area contributed by atoms with Crippen LogP contribution < -0.4 is 5.73 Å². The van der Waals surface area contributed by atoms with E-state index in [2.05, 4.69) is 30.1 Å². The molecule has 0 spiro atoms. The fraction of sp³-hybridized carbons (Fsp3) is 0.750. The number of aromatic nitrogens is 2. The second-order valence-corrected chi connectivity index (χ2v) is 7.21. The first-order chi connectivity index (χ1) is 9.94. The molecule has 3 rings (SSSR count). The molecule has 21 heavy (non-hydrogen) atoms. The number of allylic oxidation sites excluding steroid dienone is 1. The summed E-state index contributed by atoms with van der Waals surface area (Å²) in [5.41, 5.74) is 5.88. The minimum absolute atomic E-state index is 0.0946. The summed E-state index contributed by atoms with van der Waals surface area (Å²) < 4.78 is 11.3. The van der Waals surface area contributed by atoms with Crippen LogP contribution in [0.1, 0.15) is 63.6 Å². The molecule has 2 aliphatic carbocycles. The summed E-state index contributed by atoms with van der Waals surface area (Å²) in [5.74, 6) is 1.51. The maximum absolute atomic E-state index is 5.89. The summed E-state index contributed by atoms with van der Waals surface area (Å²) in [4.78, 5) is 4.63. The van der Waals surface area contributed by atoms with Gasteiger partial charge in [0.2, 0.25) is 11.7 Å². The monoisotopic (exact) mass is 291 g/mol. The SMILES string of the molecule is COC1(c2noc(C3C=CC(N)C3)n2)CCC(C)(C)CC1. The Morgan fingerprint density at radius 3 is 2.52 bits per heavy atom. The topological polar surface area (TPSA) is 74.2 Å².